The van der Waals surface area contributed by atoms with Crippen molar-refractivity contribution in [1.82, 2.24) is 4.90 Å². The first-order valence-corrected chi connectivity index (χ1v) is 2.93. The van der Waals surface area contributed by atoms with Gasteiger partial charge >= 0.3 is 0 Å². The molecule has 0 fully saturated rings. The van der Waals surface area contributed by atoms with Gasteiger partial charge in [0.05, 0.1) is 12.6 Å². The van der Waals surface area contributed by atoms with Crippen LogP contribution in [0.5, 0.6) is 0 Å². The van der Waals surface area contributed by atoms with E-state index >= 15 is 0 Å². The van der Waals surface area contributed by atoms with Crippen molar-refractivity contribution in [1.29, 1.82) is 0 Å². The Kier molecular flexibility index (Phi) is 1.66. The van der Waals surface area contributed by atoms with Gasteiger partial charge in [0.1, 0.15) is 0 Å². The van der Waals surface area contributed by atoms with E-state index in [0.717, 1.165) is 13.1 Å². The minimum atomic E-state index is 1.02. The van der Waals surface area contributed by atoms with Crippen LogP contribution in [0.1, 0.15) is 6.92 Å². The summed E-state index contributed by atoms with van der Waals surface area (Å²) in [5.74, 6) is 0. The average Bonchev–Trinajstić information content (AvgIpc) is 1.90. The molecule has 0 amide bonds. The molecule has 0 atom stereocenters. The lowest BCUT2D eigenvalue weighted by molar-refractivity contribution is 0.416. The first kappa shape index (κ1) is 5.33. The molecule has 1 heterocycles. The fraction of sp³-hybridized carbons (Fsp3) is 0.429. The summed E-state index contributed by atoms with van der Waals surface area (Å²) in [6.07, 6.45) is 9.17. The Morgan fingerprint density at radius 1 is 1.75 bits per heavy atom. The third-order valence-corrected chi connectivity index (χ3v) is 1.20. The zero-order chi connectivity index (χ0) is 5.82. The van der Waals surface area contributed by atoms with E-state index in [9.17, 15) is 0 Å². The molecule has 1 aliphatic rings. The van der Waals surface area contributed by atoms with Crippen molar-refractivity contribution in [2.24, 2.45) is 0 Å². The van der Waals surface area contributed by atoms with Crippen LogP contribution in [0.25, 0.3) is 0 Å². The maximum absolute atomic E-state index is 3.09. The number of hydrogen-bond acceptors (Lipinski definition) is 1. The Morgan fingerprint density at radius 2 is 2.62 bits per heavy atom. The quantitative estimate of drug-likeness (QED) is 0.456. The third kappa shape index (κ3) is 1.08. The van der Waals surface area contributed by atoms with E-state index in [1.165, 1.54) is 0 Å². The van der Waals surface area contributed by atoms with Crippen LogP contribution in [-0.4, -0.2) is 18.0 Å². The lowest BCUT2D eigenvalue weighted by Gasteiger charge is -2.06. The monoisotopic (exact) mass is 108 g/mol. The van der Waals surface area contributed by atoms with Crippen LogP contribution in [0.2, 0.25) is 0 Å². The van der Waals surface area contributed by atoms with Crippen LogP contribution in [0, 0.1) is 6.20 Å². The van der Waals surface area contributed by atoms with Crippen molar-refractivity contribution in [2.75, 3.05) is 13.1 Å². The van der Waals surface area contributed by atoms with Gasteiger partial charge in [-0.3, -0.25) is 0 Å². The van der Waals surface area contributed by atoms with Gasteiger partial charge in [0, 0.05) is 12.6 Å². The number of likely N-dealkylation sites (N-methyl/N-ethyl adjacent to an activating group) is 1. The highest BCUT2D eigenvalue weighted by molar-refractivity contribution is 5.04. The van der Waals surface area contributed by atoms with E-state index in [1.807, 2.05) is 12.2 Å². The summed E-state index contributed by atoms with van der Waals surface area (Å²) in [4.78, 5) is 2.12. The second-order valence-corrected chi connectivity index (χ2v) is 1.76. The Bertz CT molecular complexity index is 114. The lowest BCUT2D eigenvalue weighted by atomic mass is 10.3. The molecule has 1 nitrogen and oxygen atoms in total. The summed E-state index contributed by atoms with van der Waals surface area (Å²) < 4.78 is 0. The highest BCUT2D eigenvalue weighted by atomic mass is 15.1. The maximum Gasteiger partial charge on any atom is 0.190 e. The topological polar surface area (TPSA) is 3.24 Å². The summed E-state index contributed by atoms with van der Waals surface area (Å²) in [5.41, 5.74) is 0. The van der Waals surface area contributed by atoms with Gasteiger partial charge in [-0.05, 0) is 6.92 Å². The van der Waals surface area contributed by atoms with Crippen molar-refractivity contribution in [2.45, 2.75) is 6.92 Å². The summed E-state index contributed by atoms with van der Waals surface area (Å²) in [6.45, 7) is 4.20. The Hall–Kier alpha value is -0.810. The lowest BCUT2D eigenvalue weighted by Crippen LogP contribution is -2.18. The fourth-order valence-corrected chi connectivity index (χ4v) is 0.678. The van der Waals surface area contributed by atoms with Crippen LogP contribution in [0.3, 0.4) is 0 Å². The predicted molar refractivity (Wildman–Crippen MR) is 34.2 cm³/mol. The molecule has 0 aromatic rings. The SMILES string of the molecule is CCN1[C+]=CC=CC1. The number of rotatable bonds is 1. The largest absolute Gasteiger partial charge is 0.248 e. The summed E-state index contributed by atoms with van der Waals surface area (Å²) >= 11 is 0. The molecule has 42 valence electrons. The van der Waals surface area contributed by atoms with Crippen molar-refractivity contribution >= 4 is 0 Å². The number of nitrogens with zero attached hydrogens (tertiary/aromatic N) is 1. The molecule has 0 aromatic heterocycles. The Balaban J connectivity index is 2.40. The second kappa shape index (κ2) is 2.49. The van der Waals surface area contributed by atoms with Crippen molar-refractivity contribution in [3.63, 3.8) is 0 Å². The zero-order valence-electron chi connectivity index (χ0n) is 5.09. The molecule has 1 aliphatic heterocycles. The van der Waals surface area contributed by atoms with Crippen LogP contribution in [-0.2, 0) is 0 Å². The van der Waals surface area contributed by atoms with Gasteiger partial charge < -0.3 is 0 Å². The van der Waals surface area contributed by atoms with E-state index in [4.69, 9.17) is 0 Å². The van der Waals surface area contributed by atoms with Crippen LogP contribution >= 0.6 is 0 Å². The van der Waals surface area contributed by atoms with Crippen LogP contribution in [0.15, 0.2) is 18.2 Å². The molecular formula is C7H10N+. The Morgan fingerprint density at radius 3 is 3.00 bits per heavy atom. The molecule has 0 N–H and O–H groups in total. The highest BCUT2D eigenvalue weighted by Crippen LogP contribution is 1.94. The standard InChI is InChI=1S/C7H10N/c1-2-8-6-4-3-5-7-8/h3-5H,2,6H2,1H3/q+1. The van der Waals surface area contributed by atoms with Gasteiger partial charge in [-0.2, -0.15) is 0 Å². The van der Waals surface area contributed by atoms with Crippen LogP contribution < -0.4 is 0 Å². The van der Waals surface area contributed by atoms with Gasteiger partial charge in [0.2, 0.25) is 0 Å². The molecule has 1 heteroatoms. The van der Waals surface area contributed by atoms with E-state index in [0.29, 0.717) is 0 Å². The highest BCUT2D eigenvalue weighted by Gasteiger charge is 2.02. The van der Waals surface area contributed by atoms with E-state index in [-0.39, 0.29) is 0 Å². The average molecular weight is 108 g/mol. The molecule has 0 radical (unpaired) electrons. The number of hydrogen-bond donors (Lipinski definition) is 0. The minimum Gasteiger partial charge on any atom is -0.248 e. The van der Waals surface area contributed by atoms with Crippen molar-refractivity contribution < 1.29 is 0 Å². The smallest absolute Gasteiger partial charge is 0.190 e. The molecule has 0 saturated heterocycles. The summed E-state index contributed by atoms with van der Waals surface area (Å²) in [7, 11) is 0. The molecule has 0 saturated carbocycles. The molecular weight excluding hydrogens is 98.1 g/mol. The third-order valence-electron chi connectivity index (χ3n) is 1.20. The first-order chi connectivity index (χ1) is 3.93. The van der Waals surface area contributed by atoms with Crippen LogP contribution in [0.4, 0.5) is 0 Å². The molecule has 1 rings (SSSR count). The molecule has 8 heavy (non-hydrogen) atoms. The van der Waals surface area contributed by atoms with Gasteiger partial charge in [0.15, 0.2) is 12.3 Å². The minimum absolute atomic E-state index is 1.02. The normalized spacial score (nSPS) is 16.4. The predicted octanol–water partition coefficient (Wildman–Crippen LogP) is 1.19. The second-order valence-electron chi connectivity index (χ2n) is 1.76. The van der Waals surface area contributed by atoms with Gasteiger partial charge in [-0.25, -0.2) is 4.90 Å². The number of allylic oxidation sites excluding steroid dienone is 2. The maximum atomic E-state index is 3.09. The van der Waals surface area contributed by atoms with E-state index in [1.54, 1.807) is 0 Å². The first-order valence-electron chi connectivity index (χ1n) is 2.93. The molecule has 0 aliphatic carbocycles. The molecule has 0 spiro atoms. The fourth-order valence-electron chi connectivity index (χ4n) is 0.678. The Labute approximate surface area is 50.3 Å². The van der Waals surface area contributed by atoms with Gasteiger partial charge in [0.25, 0.3) is 0 Å². The molecule has 0 unspecified atom stereocenters. The summed E-state index contributed by atoms with van der Waals surface area (Å²) in [6, 6.07) is 0. The van der Waals surface area contributed by atoms with Crippen molar-refractivity contribution in [3.8, 4) is 0 Å². The van der Waals surface area contributed by atoms with Gasteiger partial charge in [-0.1, -0.05) is 0 Å². The summed E-state index contributed by atoms with van der Waals surface area (Å²) in [5, 5.41) is 0. The molecule has 0 aromatic carbocycles. The van der Waals surface area contributed by atoms with E-state index < -0.39 is 0 Å². The molecule has 0 bridgehead atoms. The van der Waals surface area contributed by atoms with Gasteiger partial charge in [-0.15, -0.1) is 0 Å². The van der Waals surface area contributed by atoms with Crippen molar-refractivity contribution in [3.05, 3.63) is 24.4 Å². The zero-order valence-corrected chi connectivity index (χ0v) is 5.09. The van der Waals surface area contributed by atoms with E-state index in [2.05, 4.69) is 24.1 Å².